The van der Waals surface area contributed by atoms with Crippen molar-refractivity contribution in [3.63, 3.8) is 0 Å². The normalized spacial score (nSPS) is 21.9. The van der Waals surface area contributed by atoms with E-state index in [1.165, 1.54) is 77.4 Å². The molecule has 1 fully saturated rings. The van der Waals surface area contributed by atoms with E-state index >= 15 is 0 Å². The number of piperidine rings is 1. The van der Waals surface area contributed by atoms with Crippen LogP contribution in [-0.2, 0) is 10.1 Å². The fourth-order valence-corrected chi connectivity index (χ4v) is 2.75. The van der Waals surface area contributed by atoms with Gasteiger partial charge in [0.05, 0.1) is 19.6 Å². The highest BCUT2D eigenvalue weighted by Gasteiger charge is 2.36. The third-order valence-electron chi connectivity index (χ3n) is 4.40. The maximum absolute atomic E-state index is 10.7. The van der Waals surface area contributed by atoms with Gasteiger partial charge in [-0.25, -0.2) is 8.42 Å². The Morgan fingerprint density at radius 3 is 1.83 bits per heavy atom. The Kier molecular flexibility index (Phi) is 11.9. The third kappa shape index (κ3) is 12.1. The molecule has 4 nitrogen and oxygen atoms in total. The average molecular weight is 375 g/mol. The Morgan fingerprint density at radius 1 is 1.00 bits per heavy atom. The van der Waals surface area contributed by atoms with Gasteiger partial charge in [-0.1, -0.05) is 46.0 Å². The van der Waals surface area contributed by atoms with Crippen molar-refractivity contribution in [3.8, 4) is 0 Å². The Hall–Kier alpha value is -0.340. The summed E-state index contributed by atoms with van der Waals surface area (Å²) in [7, 11) is -6.09. The number of quaternary nitrogens is 1. The summed E-state index contributed by atoms with van der Waals surface area (Å²) in [5, 5.41) is 0. The van der Waals surface area contributed by atoms with Gasteiger partial charge >= 0.3 is 5.51 Å². The summed E-state index contributed by atoms with van der Waals surface area (Å²) in [4.78, 5) is 1.88. The van der Waals surface area contributed by atoms with Crippen molar-refractivity contribution >= 4 is 10.1 Å². The minimum absolute atomic E-state index is 0.998. The molecule has 0 bridgehead atoms. The fraction of sp³-hybridized carbons (Fsp3) is 1.00. The Balaban J connectivity index is 0.000000561. The lowest BCUT2D eigenvalue weighted by atomic mass is 9.99. The van der Waals surface area contributed by atoms with Gasteiger partial charge < -0.3 is 9.45 Å². The number of alkyl halides is 3. The van der Waals surface area contributed by atoms with E-state index in [1.54, 1.807) is 0 Å². The molecule has 1 N–H and O–H groups in total. The first-order valence-electron chi connectivity index (χ1n) is 8.93. The molecule has 24 heavy (non-hydrogen) atoms. The van der Waals surface area contributed by atoms with Gasteiger partial charge in [-0.2, -0.15) is 13.2 Å². The molecule has 0 aromatic rings. The second-order valence-electron chi connectivity index (χ2n) is 6.70. The SMILES string of the molecule is CCCCCCCCC[NH+]1CCC(C)CC1.O=S(=O)([O-])C(F)(F)F. The molecule has 146 valence electrons. The van der Waals surface area contributed by atoms with Gasteiger partial charge in [-0.15, -0.1) is 0 Å². The Morgan fingerprint density at radius 2 is 1.42 bits per heavy atom. The lowest BCUT2D eigenvalue weighted by Gasteiger charge is -2.27. The van der Waals surface area contributed by atoms with Crippen LogP contribution in [0.2, 0.25) is 0 Å². The van der Waals surface area contributed by atoms with Crippen LogP contribution in [0.3, 0.4) is 0 Å². The summed E-state index contributed by atoms with van der Waals surface area (Å²) < 4.78 is 58.9. The van der Waals surface area contributed by atoms with Crippen LogP contribution in [-0.4, -0.2) is 38.1 Å². The monoisotopic (exact) mass is 375 g/mol. The van der Waals surface area contributed by atoms with E-state index < -0.39 is 15.6 Å². The van der Waals surface area contributed by atoms with Gasteiger partial charge in [-0.3, -0.25) is 0 Å². The molecule has 0 aliphatic carbocycles. The van der Waals surface area contributed by atoms with Crippen molar-refractivity contribution in [1.82, 2.24) is 0 Å². The molecule has 0 atom stereocenters. The van der Waals surface area contributed by atoms with Crippen LogP contribution in [0.15, 0.2) is 0 Å². The van der Waals surface area contributed by atoms with Crippen LogP contribution < -0.4 is 4.90 Å². The fourth-order valence-electron chi connectivity index (χ4n) is 2.75. The molecule has 1 rings (SSSR count). The largest absolute Gasteiger partial charge is 0.741 e. The average Bonchev–Trinajstić information content (AvgIpc) is 2.47. The van der Waals surface area contributed by atoms with Gasteiger partial charge in [0.2, 0.25) is 0 Å². The van der Waals surface area contributed by atoms with Crippen molar-refractivity contribution in [1.29, 1.82) is 0 Å². The van der Waals surface area contributed by atoms with Crippen LogP contribution >= 0.6 is 0 Å². The number of nitrogens with one attached hydrogen (secondary N) is 1. The lowest BCUT2D eigenvalue weighted by Crippen LogP contribution is -3.13. The molecular weight excluding hydrogens is 343 g/mol. The molecule has 0 radical (unpaired) electrons. The zero-order valence-electron chi connectivity index (χ0n) is 14.8. The van der Waals surface area contributed by atoms with Crippen molar-refractivity contribution in [3.05, 3.63) is 0 Å². The van der Waals surface area contributed by atoms with E-state index in [1.807, 2.05) is 4.90 Å². The van der Waals surface area contributed by atoms with Gasteiger partial charge in [0.15, 0.2) is 10.1 Å². The first-order chi connectivity index (χ1) is 11.1. The molecule has 1 aliphatic rings. The molecular formula is C16H32F3NO3S. The van der Waals surface area contributed by atoms with Crippen LogP contribution in [0.4, 0.5) is 13.2 Å². The Labute approximate surface area is 144 Å². The molecule has 0 aromatic carbocycles. The van der Waals surface area contributed by atoms with E-state index in [0.29, 0.717) is 0 Å². The second-order valence-corrected chi connectivity index (χ2v) is 8.07. The molecule has 1 aliphatic heterocycles. The number of rotatable bonds is 8. The van der Waals surface area contributed by atoms with E-state index in [9.17, 15) is 13.2 Å². The molecule has 8 heteroatoms. The minimum Gasteiger partial charge on any atom is -0.741 e. The van der Waals surface area contributed by atoms with Crippen molar-refractivity contribution in [2.75, 3.05) is 19.6 Å². The third-order valence-corrected chi connectivity index (χ3v) is 4.97. The number of unbranched alkanes of at least 4 members (excludes halogenated alkanes) is 6. The standard InChI is InChI=1S/C15H31N.CHF3O3S/c1-3-4-5-6-7-8-9-12-16-13-10-15(2)11-14-16;2-1(3,4)8(5,6)7/h15H,3-14H2,1-2H3;(H,5,6,7). The summed E-state index contributed by atoms with van der Waals surface area (Å²) in [6.07, 6.45) is 13.1. The summed E-state index contributed by atoms with van der Waals surface area (Å²) in [6.45, 7) is 9.03. The predicted octanol–water partition coefficient (Wildman–Crippen LogP) is 3.10. The van der Waals surface area contributed by atoms with Crippen molar-refractivity contribution in [2.45, 2.75) is 77.1 Å². The van der Waals surface area contributed by atoms with E-state index in [4.69, 9.17) is 13.0 Å². The highest BCUT2D eigenvalue weighted by Crippen LogP contribution is 2.20. The number of likely N-dealkylation sites (tertiary alicyclic amines) is 1. The Bertz CT molecular complexity index is 405. The second kappa shape index (κ2) is 12.1. The van der Waals surface area contributed by atoms with Crippen LogP contribution in [0, 0.1) is 5.92 Å². The molecule has 0 saturated carbocycles. The van der Waals surface area contributed by atoms with Crippen LogP contribution in [0.25, 0.3) is 0 Å². The molecule has 1 saturated heterocycles. The topological polar surface area (TPSA) is 61.6 Å². The van der Waals surface area contributed by atoms with Gasteiger partial charge in [0.1, 0.15) is 0 Å². The molecule has 0 unspecified atom stereocenters. The maximum Gasteiger partial charge on any atom is 0.485 e. The molecule has 0 spiro atoms. The van der Waals surface area contributed by atoms with Gasteiger partial charge in [0, 0.05) is 0 Å². The van der Waals surface area contributed by atoms with Gasteiger partial charge in [-0.05, 0) is 31.6 Å². The van der Waals surface area contributed by atoms with Crippen molar-refractivity contribution < 1.29 is 31.0 Å². The maximum atomic E-state index is 10.7. The zero-order valence-corrected chi connectivity index (χ0v) is 15.6. The zero-order chi connectivity index (χ0) is 18.6. The first-order valence-corrected chi connectivity index (χ1v) is 10.3. The molecule has 0 amide bonds. The van der Waals surface area contributed by atoms with E-state index in [2.05, 4.69) is 13.8 Å². The summed E-state index contributed by atoms with van der Waals surface area (Å²) >= 11 is 0. The quantitative estimate of drug-likeness (QED) is 0.403. The van der Waals surface area contributed by atoms with E-state index in [-0.39, 0.29) is 0 Å². The first kappa shape index (κ1) is 23.7. The molecule has 0 aromatic heterocycles. The summed E-state index contributed by atoms with van der Waals surface area (Å²) in [5.41, 5.74) is -5.65. The lowest BCUT2D eigenvalue weighted by molar-refractivity contribution is -0.906. The predicted molar refractivity (Wildman–Crippen MR) is 87.7 cm³/mol. The molecule has 1 heterocycles. The van der Waals surface area contributed by atoms with E-state index in [0.717, 1.165) is 5.92 Å². The summed E-state index contributed by atoms with van der Waals surface area (Å²) in [5.74, 6) is 0.998. The number of halogens is 3. The highest BCUT2D eigenvalue weighted by molar-refractivity contribution is 7.86. The van der Waals surface area contributed by atoms with Crippen LogP contribution in [0.1, 0.15) is 71.6 Å². The van der Waals surface area contributed by atoms with Gasteiger partial charge in [0.25, 0.3) is 0 Å². The smallest absolute Gasteiger partial charge is 0.485 e. The number of hydrogen-bond acceptors (Lipinski definition) is 3. The summed E-state index contributed by atoms with van der Waals surface area (Å²) in [6, 6.07) is 0. The van der Waals surface area contributed by atoms with Crippen LogP contribution in [0.5, 0.6) is 0 Å². The highest BCUT2D eigenvalue weighted by atomic mass is 32.2. The number of hydrogen-bond donors (Lipinski definition) is 1. The minimum atomic E-state index is -6.09. The van der Waals surface area contributed by atoms with Crippen molar-refractivity contribution in [2.24, 2.45) is 5.92 Å².